The fourth-order valence-electron chi connectivity index (χ4n) is 2.76. The van der Waals surface area contributed by atoms with Gasteiger partial charge in [0, 0.05) is 24.7 Å². The minimum absolute atomic E-state index is 0.0680. The monoisotopic (exact) mass is 268 g/mol. The molecule has 0 aromatic rings. The summed E-state index contributed by atoms with van der Waals surface area (Å²) in [5.41, 5.74) is 0.180. The lowest BCUT2D eigenvalue weighted by Gasteiger charge is -2.41. The number of nitrogens with zero attached hydrogens (tertiary/aromatic N) is 1. The molecule has 0 radical (unpaired) electrons. The standard InChI is InChI=1S/C14H24N2O3/c1-14(2,3)16-6-4-9(5-7-16)15-12(17)10-8-11(10)13(18)19/h9-11H,4-8H2,1-3H3,(H,15,17)(H,18,19). The molecule has 1 saturated carbocycles. The van der Waals surface area contributed by atoms with Crippen molar-refractivity contribution in [1.29, 1.82) is 0 Å². The van der Waals surface area contributed by atoms with Crippen LogP contribution in [0.25, 0.3) is 0 Å². The summed E-state index contributed by atoms with van der Waals surface area (Å²) in [6.07, 6.45) is 2.41. The van der Waals surface area contributed by atoms with Crippen molar-refractivity contribution in [2.75, 3.05) is 13.1 Å². The molecule has 2 N–H and O–H groups in total. The van der Waals surface area contributed by atoms with Gasteiger partial charge in [0.05, 0.1) is 11.8 Å². The summed E-state index contributed by atoms with van der Waals surface area (Å²) in [4.78, 5) is 25.0. The first-order chi connectivity index (χ1) is 8.79. The van der Waals surface area contributed by atoms with Crippen molar-refractivity contribution >= 4 is 11.9 Å². The van der Waals surface area contributed by atoms with Crippen LogP contribution in [0.1, 0.15) is 40.0 Å². The number of hydrogen-bond donors (Lipinski definition) is 2. The Hall–Kier alpha value is -1.10. The first-order valence-electron chi connectivity index (χ1n) is 7.07. The van der Waals surface area contributed by atoms with Crippen molar-refractivity contribution < 1.29 is 14.7 Å². The number of hydrogen-bond acceptors (Lipinski definition) is 3. The van der Waals surface area contributed by atoms with Crippen LogP contribution in [-0.2, 0) is 9.59 Å². The Bertz CT molecular complexity index is 367. The number of likely N-dealkylation sites (tertiary alicyclic amines) is 1. The van der Waals surface area contributed by atoms with E-state index in [1.165, 1.54) is 0 Å². The number of amides is 1. The second kappa shape index (κ2) is 5.12. The molecule has 2 fully saturated rings. The molecule has 5 nitrogen and oxygen atoms in total. The molecule has 0 bridgehead atoms. The molecular weight excluding hydrogens is 244 g/mol. The van der Waals surface area contributed by atoms with Crippen LogP contribution in [0, 0.1) is 11.8 Å². The van der Waals surface area contributed by atoms with Crippen molar-refractivity contribution in [2.24, 2.45) is 11.8 Å². The lowest BCUT2D eigenvalue weighted by molar-refractivity contribution is -0.140. The highest BCUT2D eigenvalue weighted by Crippen LogP contribution is 2.38. The third kappa shape index (κ3) is 3.47. The molecule has 19 heavy (non-hydrogen) atoms. The van der Waals surface area contributed by atoms with E-state index in [2.05, 4.69) is 31.0 Å². The maximum atomic E-state index is 11.9. The summed E-state index contributed by atoms with van der Waals surface area (Å²) < 4.78 is 0. The van der Waals surface area contributed by atoms with Crippen LogP contribution >= 0.6 is 0 Å². The number of carboxylic acids is 1. The molecule has 0 aromatic heterocycles. The predicted octanol–water partition coefficient (Wildman–Crippen LogP) is 1.09. The van der Waals surface area contributed by atoms with Gasteiger partial charge in [-0.2, -0.15) is 0 Å². The maximum Gasteiger partial charge on any atom is 0.307 e. The fraction of sp³-hybridized carbons (Fsp3) is 0.857. The highest BCUT2D eigenvalue weighted by atomic mass is 16.4. The normalized spacial score (nSPS) is 29.0. The second-order valence-electron chi connectivity index (χ2n) is 6.73. The zero-order valence-electron chi connectivity index (χ0n) is 12.0. The van der Waals surface area contributed by atoms with Crippen LogP contribution in [0.2, 0.25) is 0 Å². The van der Waals surface area contributed by atoms with Crippen molar-refractivity contribution in [3.05, 3.63) is 0 Å². The van der Waals surface area contributed by atoms with Crippen LogP contribution in [0.5, 0.6) is 0 Å². The van der Waals surface area contributed by atoms with Crippen molar-refractivity contribution in [3.8, 4) is 0 Å². The van der Waals surface area contributed by atoms with Crippen molar-refractivity contribution in [1.82, 2.24) is 10.2 Å². The van der Waals surface area contributed by atoms with E-state index < -0.39 is 11.9 Å². The number of aliphatic carboxylic acids is 1. The molecule has 1 heterocycles. The van der Waals surface area contributed by atoms with Gasteiger partial charge >= 0.3 is 5.97 Å². The number of carbonyl (C=O) groups is 2. The first-order valence-corrected chi connectivity index (χ1v) is 7.07. The molecule has 2 atom stereocenters. The van der Waals surface area contributed by atoms with E-state index in [0.717, 1.165) is 25.9 Å². The highest BCUT2D eigenvalue weighted by molar-refractivity contribution is 5.89. The van der Waals surface area contributed by atoms with E-state index >= 15 is 0 Å². The van der Waals surface area contributed by atoms with Gasteiger partial charge in [-0.25, -0.2) is 0 Å². The summed E-state index contributed by atoms with van der Waals surface area (Å²) in [7, 11) is 0. The first kappa shape index (κ1) is 14.3. The van der Waals surface area contributed by atoms with E-state index in [1.807, 2.05) is 0 Å². The Balaban J connectivity index is 1.75. The molecule has 1 aliphatic carbocycles. The molecule has 1 aliphatic heterocycles. The number of nitrogens with one attached hydrogen (secondary N) is 1. The molecule has 1 saturated heterocycles. The van der Waals surface area contributed by atoms with Crippen LogP contribution in [0.3, 0.4) is 0 Å². The van der Waals surface area contributed by atoms with Crippen LogP contribution in [0.15, 0.2) is 0 Å². The molecule has 0 aromatic carbocycles. The van der Waals surface area contributed by atoms with E-state index in [-0.39, 0.29) is 23.4 Å². The minimum Gasteiger partial charge on any atom is -0.481 e. The zero-order valence-corrected chi connectivity index (χ0v) is 12.0. The van der Waals surface area contributed by atoms with E-state index in [0.29, 0.717) is 6.42 Å². The number of rotatable bonds is 3. The van der Waals surface area contributed by atoms with E-state index in [4.69, 9.17) is 5.11 Å². The van der Waals surface area contributed by atoms with Gasteiger partial charge in [0.2, 0.25) is 5.91 Å². The average molecular weight is 268 g/mol. The molecule has 5 heteroatoms. The molecule has 108 valence electrons. The third-order valence-corrected chi connectivity index (χ3v) is 4.23. The quantitative estimate of drug-likeness (QED) is 0.804. The highest BCUT2D eigenvalue weighted by Gasteiger charge is 2.48. The molecule has 2 aliphatic rings. The smallest absolute Gasteiger partial charge is 0.307 e. The van der Waals surface area contributed by atoms with E-state index in [1.54, 1.807) is 0 Å². The van der Waals surface area contributed by atoms with Gasteiger partial charge in [-0.15, -0.1) is 0 Å². The number of piperidine rings is 1. The molecule has 2 unspecified atom stereocenters. The summed E-state index contributed by atoms with van der Waals surface area (Å²) in [5.74, 6) is -1.66. The number of carboxylic acid groups (broad SMARTS) is 1. The Morgan fingerprint density at radius 3 is 2.16 bits per heavy atom. The van der Waals surface area contributed by atoms with Gasteiger partial charge in [-0.05, 0) is 40.0 Å². The lowest BCUT2D eigenvalue weighted by Crippen LogP contribution is -2.51. The van der Waals surface area contributed by atoms with Gasteiger partial charge in [-0.1, -0.05) is 0 Å². The Kier molecular flexibility index (Phi) is 3.85. The van der Waals surface area contributed by atoms with Crippen LogP contribution < -0.4 is 5.32 Å². The van der Waals surface area contributed by atoms with Gasteiger partial charge in [-0.3, -0.25) is 14.5 Å². The summed E-state index contributed by atoms with van der Waals surface area (Å²) in [5, 5.41) is 11.8. The zero-order chi connectivity index (χ0) is 14.2. The molecule has 0 spiro atoms. The van der Waals surface area contributed by atoms with Crippen molar-refractivity contribution in [2.45, 2.75) is 51.6 Å². The van der Waals surface area contributed by atoms with Gasteiger partial charge in [0.25, 0.3) is 0 Å². The fourth-order valence-corrected chi connectivity index (χ4v) is 2.76. The number of carbonyl (C=O) groups excluding carboxylic acids is 1. The van der Waals surface area contributed by atoms with Gasteiger partial charge in [0.15, 0.2) is 0 Å². The molecular formula is C14H24N2O3. The summed E-state index contributed by atoms with van der Waals surface area (Å²) in [6.45, 7) is 8.58. The van der Waals surface area contributed by atoms with Gasteiger partial charge in [0.1, 0.15) is 0 Å². The summed E-state index contributed by atoms with van der Waals surface area (Å²) in [6, 6.07) is 0.209. The lowest BCUT2D eigenvalue weighted by atomic mass is 9.98. The van der Waals surface area contributed by atoms with Gasteiger partial charge < -0.3 is 10.4 Å². The molecule has 2 rings (SSSR count). The average Bonchev–Trinajstić information content (AvgIpc) is 3.08. The van der Waals surface area contributed by atoms with Crippen LogP contribution in [-0.4, -0.2) is 46.6 Å². The maximum absolute atomic E-state index is 11.9. The SMILES string of the molecule is CC(C)(C)N1CCC(NC(=O)C2CC2C(=O)O)CC1. The largest absolute Gasteiger partial charge is 0.481 e. The van der Waals surface area contributed by atoms with Crippen LogP contribution in [0.4, 0.5) is 0 Å². The van der Waals surface area contributed by atoms with E-state index in [9.17, 15) is 9.59 Å². The minimum atomic E-state index is -0.845. The van der Waals surface area contributed by atoms with Crippen molar-refractivity contribution in [3.63, 3.8) is 0 Å². The Labute approximate surface area is 114 Å². The predicted molar refractivity (Wildman–Crippen MR) is 71.7 cm³/mol. The summed E-state index contributed by atoms with van der Waals surface area (Å²) >= 11 is 0. The Morgan fingerprint density at radius 2 is 1.74 bits per heavy atom. The topological polar surface area (TPSA) is 69.6 Å². The molecule has 1 amide bonds. The Morgan fingerprint density at radius 1 is 1.16 bits per heavy atom. The third-order valence-electron chi connectivity index (χ3n) is 4.23. The second-order valence-corrected chi connectivity index (χ2v) is 6.73.